The van der Waals surface area contributed by atoms with Gasteiger partial charge in [0.05, 0.1) is 15.5 Å². The third-order valence-electron chi connectivity index (χ3n) is 2.22. The summed E-state index contributed by atoms with van der Waals surface area (Å²) in [6.45, 7) is 0. The van der Waals surface area contributed by atoms with E-state index < -0.39 is 4.92 Å². The van der Waals surface area contributed by atoms with Crippen molar-refractivity contribution >= 4 is 39.5 Å². The van der Waals surface area contributed by atoms with Gasteiger partial charge in [-0.15, -0.1) is 0 Å². The molecule has 2 rings (SSSR count). The first kappa shape index (κ1) is 12.7. The molecule has 0 saturated heterocycles. The first-order valence-electron chi connectivity index (χ1n) is 4.59. The Hall–Kier alpha value is -1.73. The van der Waals surface area contributed by atoms with Gasteiger partial charge in [0, 0.05) is 17.7 Å². The predicted octanol–water partition coefficient (Wildman–Crippen LogP) is 3.48. The maximum absolute atomic E-state index is 10.9. The van der Waals surface area contributed by atoms with E-state index in [2.05, 4.69) is 21.1 Å². The standard InChI is InChI=1S/C10H4BrClN2O4/c11-10-7(4-15)9(13-18-10)6-2-1-5(14(16)17)3-8(6)12/h1-4H. The summed E-state index contributed by atoms with van der Waals surface area (Å²) in [6, 6.07) is 3.88. The van der Waals surface area contributed by atoms with E-state index in [4.69, 9.17) is 16.1 Å². The van der Waals surface area contributed by atoms with Gasteiger partial charge in [-0.2, -0.15) is 0 Å². The molecule has 0 bridgehead atoms. The van der Waals surface area contributed by atoms with Crippen LogP contribution < -0.4 is 0 Å². The maximum Gasteiger partial charge on any atom is 0.270 e. The van der Waals surface area contributed by atoms with Crippen LogP contribution in [0.2, 0.25) is 5.02 Å². The SMILES string of the molecule is O=Cc1c(-c2ccc([N+](=O)[O-])cc2Cl)noc1Br. The lowest BCUT2D eigenvalue weighted by Crippen LogP contribution is -1.90. The van der Waals surface area contributed by atoms with Crippen LogP contribution in [-0.2, 0) is 0 Å². The fraction of sp³-hybridized carbons (Fsp3) is 0. The highest BCUT2D eigenvalue weighted by Crippen LogP contribution is 2.34. The van der Waals surface area contributed by atoms with E-state index >= 15 is 0 Å². The van der Waals surface area contributed by atoms with Gasteiger partial charge in [0.15, 0.2) is 6.29 Å². The van der Waals surface area contributed by atoms with E-state index in [1.807, 2.05) is 0 Å². The van der Waals surface area contributed by atoms with Crippen molar-refractivity contribution in [2.75, 3.05) is 0 Å². The number of rotatable bonds is 3. The summed E-state index contributed by atoms with van der Waals surface area (Å²) < 4.78 is 5.00. The van der Waals surface area contributed by atoms with Crippen molar-refractivity contribution in [1.29, 1.82) is 0 Å². The summed E-state index contributed by atoms with van der Waals surface area (Å²) >= 11 is 8.95. The Kier molecular flexibility index (Phi) is 3.44. The average Bonchev–Trinajstić information content (AvgIpc) is 2.70. The highest BCUT2D eigenvalue weighted by atomic mass is 79.9. The maximum atomic E-state index is 10.9. The van der Waals surface area contributed by atoms with Gasteiger partial charge in [0.25, 0.3) is 5.69 Å². The number of nitrogens with zero attached hydrogens (tertiary/aromatic N) is 2. The Morgan fingerprint density at radius 2 is 2.22 bits per heavy atom. The number of nitro benzene ring substituents is 1. The molecule has 18 heavy (non-hydrogen) atoms. The van der Waals surface area contributed by atoms with Crippen LogP contribution >= 0.6 is 27.5 Å². The molecular formula is C10H4BrClN2O4. The van der Waals surface area contributed by atoms with E-state index in [1.54, 1.807) is 0 Å². The zero-order valence-corrected chi connectivity index (χ0v) is 10.9. The molecule has 0 radical (unpaired) electrons. The van der Waals surface area contributed by atoms with Crippen molar-refractivity contribution in [1.82, 2.24) is 5.16 Å². The number of hydrogen-bond donors (Lipinski definition) is 0. The van der Waals surface area contributed by atoms with Gasteiger partial charge in [0.1, 0.15) is 5.69 Å². The minimum Gasteiger partial charge on any atom is -0.348 e. The number of benzene rings is 1. The molecule has 0 aliphatic carbocycles. The molecule has 0 aliphatic rings. The fourth-order valence-electron chi connectivity index (χ4n) is 1.38. The van der Waals surface area contributed by atoms with Crippen LogP contribution in [-0.4, -0.2) is 16.4 Å². The Balaban J connectivity index is 2.58. The molecule has 6 nitrogen and oxygen atoms in total. The molecule has 2 aromatic rings. The molecule has 0 spiro atoms. The van der Waals surface area contributed by atoms with Crippen LogP contribution in [0.1, 0.15) is 10.4 Å². The van der Waals surface area contributed by atoms with Crippen LogP contribution in [0, 0.1) is 10.1 Å². The average molecular weight is 332 g/mol. The zero-order chi connectivity index (χ0) is 13.3. The zero-order valence-electron chi connectivity index (χ0n) is 8.59. The normalized spacial score (nSPS) is 10.3. The quantitative estimate of drug-likeness (QED) is 0.488. The molecule has 1 heterocycles. The summed E-state index contributed by atoms with van der Waals surface area (Å²) in [5, 5.41) is 14.4. The van der Waals surface area contributed by atoms with Gasteiger partial charge < -0.3 is 4.52 Å². The number of halogens is 2. The Morgan fingerprint density at radius 1 is 1.50 bits per heavy atom. The molecule has 0 atom stereocenters. The molecule has 0 fully saturated rings. The minimum atomic E-state index is -0.561. The third-order valence-corrected chi connectivity index (χ3v) is 3.11. The summed E-state index contributed by atoms with van der Waals surface area (Å²) in [5.74, 6) is 0. The Morgan fingerprint density at radius 3 is 2.78 bits per heavy atom. The summed E-state index contributed by atoms with van der Waals surface area (Å²) in [5.41, 5.74) is 0.681. The van der Waals surface area contributed by atoms with E-state index in [0.29, 0.717) is 11.8 Å². The second-order valence-corrected chi connectivity index (χ2v) is 4.39. The third kappa shape index (κ3) is 2.14. The molecule has 1 aromatic heterocycles. The van der Waals surface area contributed by atoms with E-state index in [9.17, 15) is 14.9 Å². The minimum absolute atomic E-state index is 0.119. The molecule has 1 aromatic carbocycles. The number of aromatic nitrogens is 1. The molecule has 0 aliphatic heterocycles. The number of nitro groups is 1. The van der Waals surface area contributed by atoms with Gasteiger partial charge in [-0.25, -0.2) is 0 Å². The summed E-state index contributed by atoms with van der Waals surface area (Å²) in [7, 11) is 0. The van der Waals surface area contributed by atoms with Crippen LogP contribution in [0.25, 0.3) is 11.3 Å². The lowest BCUT2D eigenvalue weighted by atomic mass is 10.1. The lowest BCUT2D eigenvalue weighted by molar-refractivity contribution is -0.384. The molecule has 0 amide bonds. The molecule has 8 heteroatoms. The second-order valence-electron chi connectivity index (χ2n) is 3.26. The molecule has 0 unspecified atom stereocenters. The smallest absolute Gasteiger partial charge is 0.270 e. The van der Waals surface area contributed by atoms with Crippen molar-refractivity contribution < 1.29 is 14.2 Å². The number of carbonyl (C=O) groups is 1. The largest absolute Gasteiger partial charge is 0.348 e. The Labute approximate surface area is 114 Å². The van der Waals surface area contributed by atoms with E-state index in [0.717, 1.165) is 0 Å². The van der Waals surface area contributed by atoms with E-state index in [-0.39, 0.29) is 26.6 Å². The van der Waals surface area contributed by atoms with Crippen molar-refractivity contribution in [2.45, 2.75) is 0 Å². The fourth-order valence-corrected chi connectivity index (χ4v) is 2.00. The number of hydrogen-bond acceptors (Lipinski definition) is 5. The first-order valence-corrected chi connectivity index (χ1v) is 5.76. The molecule has 92 valence electrons. The van der Waals surface area contributed by atoms with Gasteiger partial charge in [-0.1, -0.05) is 16.8 Å². The second kappa shape index (κ2) is 4.87. The molecular weight excluding hydrogens is 327 g/mol. The van der Waals surface area contributed by atoms with Crippen LogP contribution in [0.5, 0.6) is 0 Å². The van der Waals surface area contributed by atoms with Crippen molar-refractivity contribution in [3.8, 4) is 11.3 Å². The summed E-state index contributed by atoms with van der Waals surface area (Å²) in [4.78, 5) is 20.9. The Bertz CT molecular complexity index is 641. The van der Waals surface area contributed by atoms with Crippen LogP contribution in [0.4, 0.5) is 5.69 Å². The van der Waals surface area contributed by atoms with Crippen molar-refractivity contribution in [3.05, 3.63) is 43.6 Å². The van der Waals surface area contributed by atoms with Gasteiger partial charge in [-0.3, -0.25) is 14.9 Å². The highest BCUT2D eigenvalue weighted by Gasteiger charge is 2.19. The van der Waals surface area contributed by atoms with Crippen LogP contribution in [0.3, 0.4) is 0 Å². The highest BCUT2D eigenvalue weighted by molar-refractivity contribution is 9.10. The molecule has 0 N–H and O–H groups in total. The first-order chi connectivity index (χ1) is 8.54. The topological polar surface area (TPSA) is 86.2 Å². The monoisotopic (exact) mass is 330 g/mol. The summed E-state index contributed by atoms with van der Waals surface area (Å²) in [6.07, 6.45) is 0.563. The van der Waals surface area contributed by atoms with Crippen molar-refractivity contribution in [2.24, 2.45) is 0 Å². The van der Waals surface area contributed by atoms with Gasteiger partial charge in [-0.05, 0) is 22.0 Å². The number of non-ortho nitro benzene ring substituents is 1. The van der Waals surface area contributed by atoms with E-state index in [1.165, 1.54) is 18.2 Å². The van der Waals surface area contributed by atoms with Gasteiger partial charge in [0.2, 0.25) is 4.67 Å². The lowest BCUT2D eigenvalue weighted by Gasteiger charge is -2.00. The van der Waals surface area contributed by atoms with Crippen LogP contribution in [0.15, 0.2) is 27.4 Å². The van der Waals surface area contributed by atoms with Crippen molar-refractivity contribution in [3.63, 3.8) is 0 Å². The van der Waals surface area contributed by atoms with Gasteiger partial charge >= 0.3 is 0 Å². The predicted molar refractivity (Wildman–Crippen MR) is 66.7 cm³/mol. The molecule has 0 saturated carbocycles. The number of aldehydes is 1. The number of carbonyl (C=O) groups excluding carboxylic acids is 1.